The average molecular weight is 278 g/mol. The normalized spacial score (nSPS) is 18.4. The Morgan fingerprint density at radius 2 is 2.15 bits per heavy atom. The molecule has 5 heteroatoms. The zero-order chi connectivity index (χ0) is 14.5. The average Bonchev–Trinajstić information content (AvgIpc) is 2.89. The molecule has 0 aliphatic carbocycles. The van der Waals surface area contributed by atoms with Crippen molar-refractivity contribution in [2.45, 2.75) is 38.8 Å². The monoisotopic (exact) mass is 278 g/mol. The van der Waals surface area contributed by atoms with E-state index in [9.17, 15) is 9.90 Å². The quantitative estimate of drug-likeness (QED) is 0.889. The minimum atomic E-state index is -0.154. The van der Waals surface area contributed by atoms with Crippen LogP contribution < -0.4 is 10.1 Å². The number of amides is 2. The number of carbonyl (C=O) groups is 1. The third-order valence-corrected chi connectivity index (χ3v) is 3.33. The summed E-state index contributed by atoms with van der Waals surface area (Å²) < 4.78 is 5.55. The van der Waals surface area contributed by atoms with Crippen LogP contribution in [0.1, 0.15) is 26.7 Å². The van der Waals surface area contributed by atoms with E-state index in [2.05, 4.69) is 5.32 Å². The molecule has 2 N–H and O–H groups in total. The lowest BCUT2D eigenvalue weighted by molar-refractivity contribution is 0.166. The standard InChI is InChI=1S/C15H22N2O3/c1-11(2)20-14-7-5-12(6-8-14)16-15(19)17-9-3-4-13(17)10-18/h5-8,11,13,18H,3-4,9-10H2,1-2H3,(H,16,19)/t13-/m1/s1. The largest absolute Gasteiger partial charge is 0.491 e. The van der Waals surface area contributed by atoms with Gasteiger partial charge in [-0.25, -0.2) is 4.79 Å². The fourth-order valence-corrected chi connectivity index (χ4v) is 2.38. The molecule has 5 nitrogen and oxygen atoms in total. The molecule has 0 bridgehead atoms. The molecule has 2 amide bonds. The van der Waals surface area contributed by atoms with Crippen LogP contribution in [-0.2, 0) is 0 Å². The zero-order valence-corrected chi connectivity index (χ0v) is 12.0. The smallest absolute Gasteiger partial charge is 0.322 e. The molecular weight excluding hydrogens is 256 g/mol. The number of anilines is 1. The number of hydrogen-bond acceptors (Lipinski definition) is 3. The van der Waals surface area contributed by atoms with Crippen molar-refractivity contribution in [1.82, 2.24) is 4.90 Å². The molecule has 1 aliphatic rings. The maximum Gasteiger partial charge on any atom is 0.322 e. The first-order valence-corrected chi connectivity index (χ1v) is 7.05. The predicted molar refractivity (Wildman–Crippen MR) is 78.0 cm³/mol. The zero-order valence-electron chi connectivity index (χ0n) is 12.0. The number of aliphatic hydroxyl groups excluding tert-OH is 1. The summed E-state index contributed by atoms with van der Waals surface area (Å²) in [4.78, 5) is 13.8. The van der Waals surface area contributed by atoms with Crippen LogP contribution in [0.2, 0.25) is 0 Å². The van der Waals surface area contributed by atoms with Crippen molar-refractivity contribution in [2.75, 3.05) is 18.5 Å². The molecule has 1 fully saturated rings. The van der Waals surface area contributed by atoms with Crippen molar-refractivity contribution in [1.29, 1.82) is 0 Å². The minimum absolute atomic E-state index is 0.0224. The third kappa shape index (κ3) is 3.63. The van der Waals surface area contributed by atoms with Gasteiger partial charge >= 0.3 is 6.03 Å². The number of nitrogens with one attached hydrogen (secondary N) is 1. The van der Waals surface area contributed by atoms with Gasteiger partial charge in [0.1, 0.15) is 5.75 Å². The van der Waals surface area contributed by atoms with E-state index in [1.807, 2.05) is 38.1 Å². The molecule has 1 aliphatic heterocycles. The number of urea groups is 1. The third-order valence-electron chi connectivity index (χ3n) is 3.33. The second kappa shape index (κ2) is 6.61. The Labute approximate surface area is 119 Å². The topological polar surface area (TPSA) is 61.8 Å². The van der Waals surface area contributed by atoms with E-state index in [1.165, 1.54) is 0 Å². The van der Waals surface area contributed by atoms with Crippen LogP contribution in [0.5, 0.6) is 5.75 Å². The molecule has 20 heavy (non-hydrogen) atoms. The van der Waals surface area contributed by atoms with Crippen molar-refractivity contribution < 1.29 is 14.6 Å². The molecule has 0 saturated carbocycles. The second-order valence-corrected chi connectivity index (χ2v) is 5.29. The van der Waals surface area contributed by atoms with E-state index >= 15 is 0 Å². The number of aliphatic hydroxyl groups is 1. The van der Waals surface area contributed by atoms with Crippen molar-refractivity contribution in [3.63, 3.8) is 0 Å². The van der Waals surface area contributed by atoms with E-state index in [1.54, 1.807) is 4.90 Å². The first-order valence-electron chi connectivity index (χ1n) is 7.05. The summed E-state index contributed by atoms with van der Waals surface area (Å²) in [6, 6.07) is 7.10. The molecule has 1 saturated heterocycles. The van der Waals surface area contributed by atoms with Crippen LogP contribution in [0.4, 0.5) is 10.5 Å². The molecule has 0 radical (unpaired) electrons. The van der Waals surface area contributed by atoms with Gasteiger partial charge < -0.3 is 20.1 Å². The molecule has 0 aromatic heterocycles. The highest BCUT2D eigenvalue weighted by Gasteiger charge is 2.27. The highest BCUT2D eigenvalue weighted by atomic mass is 16.5. The fourth-order valence-electron chi connectivity index (χ4n) is 2.38. The minimum Gasteiger partial charge on any atom is -0.491 e. The number of benzene rings is 1. The Balaban J connectivity index is 1.94. The second-order valence-electron chi connectivity index (χ2n) is 5.29. The maximum absolute atomic E-state index is 12.1. The number of hydrogen-bond donors (Lipinski definition) is 2. The Morgan fingerprint density at radius 3 is 2.75 bits per heavy atom. The fraction of sp³-hybridized carbons (Fsp3) is 0.533. The Hall–Kier alpha value is -1.75. The summed E-state index contributed by atoms with van der Waals surface area (Å²) in [5.41, 5.74) is 0.731. The van der Waals surface area contributed by atoms with Gasteiger partial charge in [0.15, 0.2) is 0 Å². The summed E-state index contributed by atoms with van der Waals surface area (Å²) in [6.45, 7) is 4.66. The van der Waals surface area contributed by atoms with Crippen LogP contribution in [0.25, 0.3) is 0 Å². The lowest BCUT2D eigenvalue weighted by Crippen LogP contribution is -2.40. The lowest BCUT2D eigenvalue weighted by atomic mass is 10.2. The molecule has 110 valence electrons. The van der Waals surface area contributed by atoms with Gasteiger partial charge in [0.2, 0.25) is 0 Å². The summed E-state index contributed by atoms with van der Waals surface area (Å²) in [5, 5.41) is 12.1. The van der Waals surface area contributed by atoms with E-state index in [-0.39, 0.29) is 24.8 Å². The Bertz CT molecular complexity index is 445. The van der Waals surface area contributed by atoms with Crippen LogP contribution in [0, 0.1) is 0 Å². The molecular formula is C15H22N2O3. The molecule has 1 aromatic carbocycles. The number of likely N-dealkylation sites (tertiary alicyclic amines) is 1. The van der Waals surface area contributed by atoms with Gasteiger partial charge in [0.05, 0.1) is 18.8 Å². The molecule has 2 rings (SSSR count). The van der Waals surface area contributed by atoms with Crippen molar-refractivity contribution in [2.24, 2.45) is 0 Å². The Kier molecular flexibility index (Phi) is 4.84. The van der Waals surface area contributed by atoms with Gasteiger partial charge in [-0.2, -0.15) is 0 Å². The predicted octanol–water partition coefficient (Wildman–Crippen LogP) is 2.46. The summed E-state index contributed by atoms with van der Waals surface area (Å²) >= 11 is 0. The van der Waals surface area contributed by atoms with Crippen LogP contribution >= 0.6 is 0 Å². The number of carbonyl (C=O) groups excluding carboxylic acids is 1. The molecule has 1 aromatic rings. The molecule has 1 atom stereocenters. The number of rotatable bonds is 4. The van der Waals surface area contributed by atoms with E-state index in [4.69, 9.17) is 4.74 Å². The first-order chi connectivity index (χ1) is 9.60. The van der Waals surface area contributed by atoms with Crippen molar-refractivity contribution >= 4 is 11.7 Å². The van der Waals surface area contributed by atoms with Gasteiger partial charge in [0, 0.05) is 12.2 Å². The van der Waals surface area contributed by atoms with E-state index < -0.39 is 0 Å². The lowest BCUT2D eigenvalue weighted by Gasteiger charge is -2.23. The molecule has 0 unspecified atom stereocenters. The van der Waals surface area contributed by atoms with E-state index in [0.29, 0.717) is 6.54 Å². The first kappa shape index (κ1) is 14.7. The van der Waals surface area contributed by atoms with Crippen molar-refractivity contribution in [3.05, 3.63) is 24.3 Å². The van der Waals surface area contributed by atoms with Crippen LogP contribution in [0.15, 0.2) is 24.3 Å². The van der Waals surface area contributed by atoms with Gasteiger partial charge in [-0.3, -0.25) is 0 Å². The summed E-state index contributed by atoms with van der Waals surface area (Å²) in [5.74, 6) is 0.785. The molecule has 1 heterocycles. The van der Waals surface area contributed by atoms with Crippen LogP contribution in [-0.4, -0.2) is 41.3 Å². The van der Waals surface area contributed by atoms with Gasteiger partial charge in [-0.05, 0) is 51.0 Å². The van der Waals surface area contributed by atoms with Crippen LogP contribution in [0.3, 0.4) is 0 Å². The van der Waals surface area contributed by atoms with E-state index in [0.717, 1.165) is 24.3 Å². The van der Waals surface area contributed by atoms with Gasteiger partial charge in [-0.1, -0.05) is 0 Å². The Morgan fingerprint density at radius 1 is 1.45 bits per heavy atom. The molecule has 0 spiro atoms. The van der Waals surface area contributed by atoms with Gasteiger partial charge in [-0.15, -0.1) is 0 Å². The highest BCUT2D eigenvalue weighted by Crippen LogP contribution is 2.20. The van der Waals surface area contributed by atoms with Crippen molar-refractivity contribution in [3.8, 4) is 5.75 Å². The summed E-state index contributed by atoms with van der Waals surface area (Å²) in [7, 11) is 0. The highest BCUT2D eigenvalue weighted by molar-refractivity contribution is 5.89. The number of nitrogens with zero attached hydrogens (tertiary/aromatic N) is 1. The maximum atomic E-state index is 12.1. The van der Waals surface area contributed by atoms with Gasteiger partial charge in [0.25, 0.3) is 0 Å². The summed E-state index contributed by atoms with van der Waals surface area (Å²) in [6.07, 6.45) is 1.94. The SMILES string of the molecule is CC(C)Oc1ccc(NC(=O)N2CCC[C@@H]2CO)cc1. The number of ether oxygens (including phenoxy) is 1.